The summed E-state index contributed by atoms with van der Waals surface area (Å²) >= 11 is 0. The van der Waals surface area contributed by atoms with Gasteiger partial charge in [-0.3, -0.25) is 4.79 Å². The van der Waals surface area contributed by atoms with Gasteiger partial charge in [0.15, 0.2) is 6.61 Å². The van der Waals surface area contributed by atoms with Gasteiger partial charge in [0.25, 0.3) is 5.91 Å². The molecule has 1 amide bonds. The minimum atomic E-state index is -0.114. The summed E-state index contributed by atoms with van der Waals surface area (Å²) in [7, 11) is 1.64. The molecule has 4 heteroatoms. The highest BCUT2D eigenvalue weighted by Crippen LogP contribution is 2.18. The Morgan fingerprint density at radius 3 is 2.21 bits per heavy atom. The van der Waals surface area contributed by atoms with Gasteiger partial charge in [0, 0.05) is 6.54 Å². The van der Waals surface area contributed by atoms with Crippen LogP contribution in [0.25, 0.3) is 0 Å². The van der Waals surface area contributed by atoms with E-state index >= 15 is 0 Å². The first-order chi connectivity index (χ1) is 11.6. The van der Waals surface area contributed by atoms with Crippen molar-refractivity contribution in [3.05, 3.63) is 59.7 Å². The predicted octanol–water partition coefficient (Wildman–Crippen LogP) is 3.56. The van der Waals surface area contributed by atoms with Crippen molar-refractivity contribution >= 4 is 5.91 Å². The molecule has 0 bridgehead atoms. The van der Waals surface area contributed by atoms with Gasteiger partial charge in [0.05, 0.1) is 7.11 Å². The van der Waals surface area contributed by atoms with E-state index in [0.717, 1.165) is 17.7 Å². The Morgan fingerprint density at radius 2 is 1.62 bits per heavy atom. The Labute approximate surface area is 143 Å². The average molecular weight is 327 g/mol. The van der Waals surface area contributed by atoms with E-state index in [9.17, 15) is 4.79 Å². The van der Waals surface area contributed by atoms with E-state index in [-0.39, 0.29) is 12.5 Å². The Balaban J connectivity index is 1.69. The van der Waals surface area contributed by atoms with Gasteiger partial charge in [-0.15, -0.1) is 0 Å². The molecule has 0 atom stereocenters. The highest BCUT2D eigenvalue weighted by atomic mass is 16.5. The first-order valence-corrected chi connectivity index (χ1v) is 8.21. The molecule has 0 aliphatic heterocycles. The molecule has 0 saturated heterocycles. The number of hydrogen-bond acceptors (Lipinski definition) is 3. The first kappa shape index (κ1) is 17.9. The quantitative estimate of drug-likeness (QED) is 0.806. The lowest BCUT2D eigenvalue weighted by Crippen LogP contribution is -2.30. The van der Waals surface area contributed by atoms with Gasteiger partial charge in [-0.2, -0.15) is 0 Å². The molecule has 24 heavy (non-hydrogen) atoms. The topological polar surface area (TPSA) is 47.6 Å². The van der Waals surface area contributed by atoms with Crippen LogP contribution in [0.15, 0.2) is 48.5 Å². The third-order valence-electron chi connectivity index (χ3n) is 3.81. The molecule has 0 fully saturated rings. The molecule has 0 aliphatic rings. The Hall–Kier alpha value is -2.49. The van der Waals surface area contributed by atoms with Crippen molar-refractivity contribution in [2.45, 2.75) is 26.2 Å². The second-order valence-electron chi connectivity index (χ2n) is 5.96. The van der Waals surface area contributed by atoms with Crippen LogP contribution in [0.2, 0.25) is 0 Å². The zero-order chi connectivity index (χ0) is 17.4. The number of rotatable bonds is 8. The maximum atomic E-state index is 11.8. The molecule has 0 aromatic heterocycles. The summed E-state index contributed by atoms with van der Waals surface area (Å²) in [5, 5.41) is 2.86. The molecule has 2 rings (SSSR count). The summed E-state index contributed by atoms with van der Waals surface area (Å²) in [4.78, 5) is 11.8. The third-order valence-corrected chi connectivity index (χ3v) is 3.81. The smallest absolute Gasteiger partial charge is 0.257 e. The fourth-order valence-corrected chi connectivity index (χ4v) is 2.29. The normalized spacial score (nSPS) is 10.5. The molecule has 0 radical (unpaired) electrons. The molecule has 0 heterocycles. The molecule has 0 aliphatic carbocycles. The predicted molar refractivity (Wildman–Crippen MR) is 95.7 cm³/mol. The van der Waals surface area contributed by atoms with Crippen molar-refractivity contribution in [2.24, 2.45) is 0 Å². The van der Waals surface area contributed by atoms with Crippen LogP contribution in [0.1, 0.15) is 30.9 Å². The number of hydrogen-bond donors (Lipinski definition) is 1. The van der Waals surface area contributed by atoms with Gasteiger partial charge < -0.3 is 14.8 Å². The number of carbonyl (C=O) groups excluding carboxylic acids is 1. The minimum absolute atomic E-state index is 0.0314. The Kier molecular flexibility index (Phi) is 6.67. The van der Waals surface area contributed by atoms with Crippen LogP contribution in [-0.2, 0) is 11.2 Å². The number of amides is 1. The van der Waals surface area contributed by atoms with Crippen molar-refractivity contribution in [3.63, 3.8) is 0 Å². The highest BCUT2D eigenvalue weighted by Gasteiger charge is 2.04. The van der Waals surface area contributed by atoms with Crippen LogP contribution in [-0.4, -0.2) is 26.2 Å². The molecule has 0 spiro atoms. The Bertz CT molecular complexity index is 633. The Morgan fingerprint density at radius 1 is 1.00 bits per heavy atom. The first-order valence-electron chi connectivity index (χ1n) is 8.21. The van der Waals surface area contributed by atoms with Gasteiger partial charge in [0.1, 0.15) is 11.5 Å². The molecule has 128 valence electrons. The van der Waals surface area contributed by atoms with Crippen LogP contribution in [0.5, 0.6) is 11.5 Å². The van der Waals surface area contributed by atoms with Crippen LogP contribution in [0.3, 0.4) is 0 Å². The SMILES string of the molecule is COc1ccc(CCNC(=O)COc2ccc(C(C)C)cc2)cc1. The van der Waals surface area contributed by atoms with Crippen LogP contribution < -0.4 is 14.8 Å². The van der Waals surface area contributed by atoms with E-state index in [1.54, 1.807) is 7.11 Å². The van der Waals surface area contributed by atoms with E-state index in [2.05, 4.69) is 19.2 Å². The third kappa shape index (κ3) is 5.61. The van der Waals surface area contributed by atoms with E-state index < -0.39 is 0 Å². The molecular formula is C20H25NO3. The lowest BCUT2D eigenvalue weighted by Gasteiger charge is -2.09. The number of methoxy groups -OCH3 is 1. The fraction of sp³-hybridized carbons (Fsp3) is 0.350. The second-order valence-corrected chi connectivity index (χ2v) is 5.96. The van der Waals surface area contributed by atoms with Crippen molar-refractivity contribution in [1.29, 1.82) is 0 Å². The van der Waals surface area contributed by atoms with Gasteiger partial charge in [-0.1, -0.05) is 38.1 Å². The molecule has 0 unspecified atom stereocenters. The number of carbonyl (C=O) groups is 1. The van der Waals surface area contributed by atoms with Crippen LogP contribution in [0.4, 0.5) is 0 Å². The highest BCUT2D eigenvalue weighted by molar-refractivity contribution is 5.77. The summed E-state index contributed by atoms with van der Waals surface area (Å²) < 4.78 is 10.6. The van der Waals surface area contributed by atoms with Gasteiger partial charge >= 0.3 is 0 Å². The summed E-state index contributed by atoms with van der Waals surface area (Å²) in [5.74, 6) is 1.92. The molecule has 0 saturated carbocycles. The molecule has 2 aromatic carbocycles. The number of ether oxygens (including phenoxy) is 2. The molecule has 4 nitrogen and oxygen atoms in total. The van der Waals surface area contributed by atoms with E-state index in [0.29, 0.717) is 18.2 Å². The van der Waals surface area contributed by atoms with Gasteiger partial charge in [-0.25, -0.2) is 0 Å². The zero-order valence-corrected chi connectivity index (χ0v) is 14.5. The van der Waals surface area contributed by atoms with Crippen molar-refractivity contribution in [1.82, 2.24) is 5.32 Å². The van der Waals surface area contributed by atoms with Gasteiger partial charge in [0.2, 0.25) is 0 Å². The lowest BCUT2D eigenvalue weighted by molar-refractivity contribution is -0.123. The number of benzene rings is 2. The van der Waals surface area contributed by atoms with E-state index in [4.69, 9.17) is 9.47 Å². The van der Waals surface area contributed by atoms with Crippen molar-refractivity contribution in [3.8, 4) is 11.5 Å². The number of nitrogens with one attached hydrogen (secondary N) is 1. The lowest BCUT2D eigenvalue weighted by atomic mass is 10.0. The van der Waals surface area contributed by atoms with E-state index in [1.165, 1.54) is 5.56 Å². The molecular weight excluding hydrogens is 302 g/mol. The van der Waals surface area contributed by atoms with Crippen molar-refractivity contribution < 1.29 is 14.3 Å². The zero-order valence-electron chi connectivity index (χ0n) is 14.5. The monoisotopic (exact) mass is 327 g/mol. The van der Waals surface area contributed by atoms with E-state index in [1.807, 2.05) is 48.5 Å². The van der Waals surface area contributed by atoms with Gasteiger partial charge in [-0.05, 0) is 47.7 Å². The summed E-state index contributed by atoms with van der Waals surface area (Å²) in [6.45, 7) is 4.91. The molecule has 1 N–H and O–H groups in total. The fourth-order valence-electron chi connectivity index (χ4n) is 2.29. The average Bonchev–Trinajstić information content (AvgIpc) is 2.61. The maximum Gasteiger partial charge on any atom is 0.257 e. The molecule has 2 aromatic rings. The maximum absolute atomic E-state index is 11.8. The standard InChI is InChI=1S/C20H25NO3/c1-15(2)17-6-10-19(11-7-17)24-14-20(22)21-13-12-16-4-8-18(23-3)9-5-16/h4-11,15H,12-14H2,1-3H3,(H,21,22). The van der Waals surface area contributed by atoms with Crippen molar-refractivity contribution in [2.75, 3.05) is 20.3 Å². The summed E-state index contributed by atoms with van der Waals surface area (Å²) in [5.41, 5.74) is 2.41. The minimum Gasteiger partial charge on any atom is -0.497 e. The van der Waals surface area contributed by atoms with Crippen LogP contribution in [0, 0.1) is 0 Å². The largest absolute Gasteiger partial charge is 0.497 e. The summed E-state index contributed by atoms with van der Waals surface area (Å²) in [6, 6.07) is 15.7. The summed E-state index contributed by atoms with van der Waals surface area (Å²) in [6.07, 6.45) is 0.777. The second kappa shape index (κ2) is 8.96. The van der Waals surface area contributed by atoms with Crippen LogP contribution >= 0.6 is 0 Å².